The fourth-order valence-corrected chi connectivity index (χ4v) is 4.13. The van der Waals surface area contributed by atoms with Crippen LogP contribution in [-0.2, 0) is 5.75 Å². The van der Waals surface area contributed by atoms with Gasteiger partial charge < -0.3 is 4.42 Å². The number of hydrogen-bond donors (Lipinski definition) is 0. The maximum absolute atomic E-state index is 13.5. The molecule has 0 radical (unpaired) electrons. The molecule has 154 valence electrons. The van der Waals surface area contributed by atoms with Gasteiger partial charge in [-0.1, -0.05) is 69.8 Å². The highest BCUT2D eigenvalue weighted by Gasteiger charge is 2.18. The second-order valence-corrected chi connectivity index (χ2v) is 8.69. The van der Waals surface area contributed by atoms with Crippen molar-refractivity contribution < 1.29 is 4.42 Å². The molecule has 0 aliphatic heterocycles. The molecule has 4 aromatic rings. The van der Waals surface area contributed by atoms with Gasteiger partial charge in [0.05, 0.1) is 22.3 Å². The Hall–Kier alpha value is -2.93. The molecule has 0 saturated heterocycles. The smallest absolute Gasteiger partial charge is 0.266 e. The number of aromatic nitrogens is 4. The Balaban J connectivity index is 1.84. The van der Waals surface area contributed by atoms with E-state index in [1.165, 1.54) is 11.8 Å². The van der Waals surface area contributed by atoms with Crippen LogP contribution in [0.1, 0.15) is 56.9 Å². The highest BCUT2D eigenvalue weighted by atomic mass is 32.2. The molecule has 0 atom stereocenters. The Labute approximate surface area is 179 Å². The number of nitrogens with zero attached hydrogens (tertiary/aromatic N) is 4. The lowest BCUT2D eigenvalue weighted by molar-refractivity contribution is 0.445. The maximum atomic E-state index is 13.5. The zero-order chi connectivity index (χ0) is 21.3. The SMILES string of the molecule is CC(C)c1nnc(CSc2nc3ccccc3c(=O)n2-c2ccccc2C(C)C)o1. The minimum absolute atomic E-state index is 0.0791. The van der Waals surface area contributed by atoms with Crippen LogP contribution in [0.3, 0.4) is 0 Å². The van der Waals surface area contributed by atoms with E-state index in [0.717, 1.165) is 11.3 Å². The molecular weight excluding hydrogens is 396 g/mol. The summed E-state index contributed by atoms with van der Waals surface area (Å²) in [7, 11) is 0. The lowest BCUT2D eigenvalue weighted by atomic mass is 10.0. The largest absolute Gasteiger partial charge is 0.424 e. The van der Waals surface area contributed by atoms with E-state index in [1.54, 1.807) is 4.57 Å². The van der Waals surface area contributed by atoms with Gasteiger partial charge in [0.25, 0.3) is 5.56 Å². The predicted molar refractivity (Wildman–Crippen MR) is 119 cm³/mol. The molecule has 2 heterocycles. The van der Waals surface area contributed by atoms with Gasteiger partial charge in [0, 0.05) is 5.92 Å². The summed E-state index contributed by atoms with van der Waals surface area (Å²) < 4.78 is 7.44. The summed E-state index contributed by atoms with van der Waals surface area (Å²) in [5.41, 5.74) is 2.55. The van der Waals surface area contributed by atoms with Gasteiger partial charge in [0.1, 0.15) is 0 Å². The third-order valence-electron chi connectivity index (χ3n) is 4.85. The molecule has 0 bridgehead atoms. The van der Waals surface area contributed by atoms with E-state index in [1.807, 2.05) is 56.3 Å². The minimum atomic E-state index is -0.0791. The van der Waals surface area contributed by atoms with Crippen LogP contribution in [0.5, 0.6) is 0 Å². The second-order valence-electron chi connectivity index (χ2n) is 7.74. The predicted octanol–water partition coefficient (Wildman–Crippen LogP) is 5.31. The molecule has 7 heteroatoms. The number of hydrogen-bond acceptors (Lipinski definition) is 6. The Morgan fingerprint density at radius 1 is 0.967 bits per heavy atom. The molecule has 0 amide bonds. The standard InChI is InChI=1S/C23H24N4O2S/c1-14(2)16-9-6-8-12-19(16)27-22(28)17-10-5-7-11-18(17)24-23(27)30-13-20-25-26-21(29-20)15(3)4/h5-12,14-15H,13H2,1-4H3. The monoisotopic (exact) mass is 420 g/mol. The van der Waals surface area contributed by atoms with Crippen molar-refractivity contribution in [1.82, 2.24) is 19.7 Å². The van der Waals surface area contributed by atoms with Crippen molar-refractivity contribution in [2.24, 2.45) is 0 Å². The summed E-state index contributed by atoms with van der Waals surface area (Å²) in [6.45, 7) is 8.26. The first-order valence-corrected chi connectivity index (χ1v) is 11.0. The molecule has 0 unspecified atom stereocenters. The fourth-order valence-electron chi connectivity index (χ4n) is 3.29. The Kier molecular flexibility index (Phi) is 5.72. The van der Waals surface area contributed by atoms with Crippen LogP contribution in [-0.4, -0.2) is 19.7 Å². The van der Waals surface area contributed by atoms with Gasteiger partial charge in [-0.15, -0.1) is 10.2 Å². The van der Waals surface area contributed by atoms with Crippen LogP contribution >= 0.6 is 11.8 Å². The van der Waals surface area contributed by atoms with Crippen molar-refractivity contribution >= 4 is 22.7 Å². The highest BCUT2D eigenvalue weighted by molar-refractivity contribution is 7.98. The molecule has 2 aromatic heterocycles. The summed E-state index contributed by atoms with van der Waals surface area (Å²) in [6.07, 6.45) is 0. The zero-order valence-corrected chi connectivity index (χ0v) is 18.3. The summed E-state index contributed by atoms with van der Waals surface area (Å²) in [5, 5.41) is 9.43. The Bertz CT molecular complexity index is 1240. The molecule has 4 rings (SSSR count). The van der Waals surface area contributed by atoms with Crippen molar-refractivity contribution in [3.05, 3.63) is 76.2 Å². The van der Waals surface area contributed by atoms with Crippen LogP contribution in [0.4, 0.5) is 0 Å². The van der Waals surface area contributed by atoms with E-state index < -0.39 is 0 Å². The van der Waals surface area contributed by atoms with E-state index >= 15 is 0 Å². The van der Waals surface area contributed by atoms with Crippen LogP contribution in [0.15, 0.2) is 62.9 Å². The van der Waals surface area contributed by atoms with E-state index in [9.17, 15) is 4.79 Å². The molecular formula is C23H24N4O2S. The third-order valence-corrected chi connectivity index (χ3v) is 5.77. The summed E-state index contributed by atoms with van der Waals surface area (Å²) >= 11 is 1.43. The zero-order valence-electron chi connectivity index (χ0n) is 17.5. The lowest BCUT2D eigenvalue weighted by Gasteiger charge is -2.18. The number of para-hydroxylation sites is 2. The third kappa shape index (κ3) is 3.89. The van der Waals surface area contributed by atoms with Crippen molar-refractivity contribution in [3.63, 3.8) is 0 Å². The molecule has 0 spiro atoms. The normalized spacial score (nSPS) is 11.7. The molecule has 0 aliphatic rings. The summed E-state index contributed by atoms with van der Waals surface area (Å²) in [5.74, 6) is 2.01. The summed E-state index contributed by atoms with van der Waals surface area (Å²) in [4.78, 5) is 18.3. The van der Waals surface area contributed by atoms with Crippen molar-refractivity contribution in [1.29, 1.82) is 0 Å². The van der Waals surface area contributed by atoms with E-state index in [4.69, 9.17) is 9.40 Å². The average molecular weight is 421 g/mol. The van der Waals surface area contributed by atoms with E-state index in [0.29, 0.717) is 33.6 Å². The molecule has 0 N–H and O–H groups in total. The van der Waals surface area contributed by atoms with Crippen LogP contribution in [0.25, 0.3) is 16.6 Å². The highest BCUT2D eigenvalue weighted by Crippen LogP contribution is 2.28. The van der Waals surface area contributed by atoms with Gasteiger partial charge in [-0.25, -0.2) is 4.98 Å². The number of thioether (sulfide) groups is 1. The Morgan fingerprint density at radius 3 is 2.43 bits per heavy atom. The lowest BCUT2D eigenvalue weighted by Crippen LogP contribution is -2.23. The fraction of sp³-hybridized carbons (Fsp3) is 0.304. The minimum Gasteiger partial charge on any atom is -0.424 e. The number of rotatable bonds is 6. The van der Waals surface area contributed by atoms with Crippen LogP contribution in [0.2, 0.25) is 0 Å². The summed E-state index contributed by atoms with van der Waals surface area (Å²) in [6, 6.07) is 15.4. The number of fused-ring (bicyclic) bond motifs is 1. The van der Waals surface area contributed by atoms with Gasteiger partial charge in [-0.2, -0.15) is 0 Å². The van der Waals surface area contributed by atoms with E-state index in [-0.39, 0.29) is 17.4 Å². The second kappa shape index (κ2) is 8.44. The van der Waals surface area contributed by atoms with Crippen molar-refractivity contribution in [3.8, 4) is 5.69 Å². The topological polar surface area (TPSA) is 73.8 Å². The molecule has 2 aromatic carbocycles. The first-order chi connectivity index (χ1) is 14.5. The first-order valence-electron chi connectivity index (χ1n) is 10.0. The molecule has 0 fully saturated rings. The molecule has 0 aliphatic carbocycles. The van der Waals surface area contributed by atoms with Crippen LogP contribution in [0, 0.1) is 0 Å². The van der Waals surface area contributed by atoms with E-state index in [2.05, 4.69) is 30.1 Å². The van der Waals surface area contributed by atoms with Gasteiger partial charge in [-0.3, -0.25) is 9.36 Å². The molecule has 6 nitrogen and oxygen atoms in total. The average Bonchev–Trinajstić information content (AvgIpc) is 3.22. The van der Waals surface area contributed by atoms with Crippen molar-refractivity contribution in [2.75, 3.05) is 0 Å². The quantitative estimate of drug-likeness (QED) is 0.311. The molecule has 30 heavy (non-hydrogen) atoms. The molecule has 0 saturated carbocycles. The van der Waals surface area contributed by atoms with Gasteiger partial charge in [-0.05, 0) is 29.7 Å². The van der Waals surface area contributed by atoms with Gasteiger partial charge in [0.2, 0.25) is 11.8 Å². The van der Waals surface area contributed by atoms with Crippen molar-refractivity contribution in [2.45, 2.75) is 50.4 Å². The number of benzene rings is 2. The maximum Gasteiger partial charge on any atom is 0.266 e. The van der Waals surface area contributed by atoms with Crippen LogP contribution < -0.4 is 5.56 Å². The van der Waals surface area contributed by atoms with Gasteiger partial charge >= 0.3 is 0 Å². The van der Waals surface area contributed by atoms with Gasteiger partial charge in [0.15, 0.2) is 5.16 Å². The first kappa shape index (κ1) is 20.3. The Morgan fingerprint density at radius 2 is 1.70 bits per heavy atom.